The van der Waals surface area contributed by atoms with Crippen molar-refractivity contribution in [2.75, 3.05) is 0 Å². The van der Waals surface area contributed by atoms with Gasteiger partial charge in [0.2, 0.25) is 0 Å². The summed E-state index contributed by atoms with van der Waals surface area (Å²) in [6.45, 7) is 4.48. The summed E-state index contributed by atoms with van der Waals surface area (Å²) in [6.07, 6.45) is 0. The van der Waals surface area contributed by atoms with E-state index in [1.807, 2.05) is 62.4 Å². The predicted molar refractivity (Wildman–Crippen MR) is 120 cm³/mol. The number of carbonyl (C=O) groups excluding carboxylic acids is 1. The number of aryl methyl sites for hydroxylation is 2. The molecule has 1 heterocycles. The van der Waals surface area contributed by atoms with Crippen LogP contribution in [0.4, 0.5) is 0 Å². The van der Waals surface area contributed by atoms with Gasteiger partial charge in [0.05, 0.1) is 5.56 Å². The van der Waals surface area contributed by atoms with Crippen molar-refractivity contribution in [3.05, 3.63) is 111 Å². The second kappa shape index (κ2) is 8.88. The summed E-state index contributed by atoms with van der Waals surface area (Å²) in [5.41, 5.74) is 4.30. The van der Waals surface area contributed by atoms with Crippen LogP contribution in [-0.2, 0) is 13.2 Å². The second-order valence-electron chi connectivity index (χ2n) is 7.43. The van der Waals surface area contributed by atoms with Crippen molar-refractivity contribution < 1.29 is 13.9 Å². The van der Waals surface area contributed by atoms with Gasteiger partial charge in [-0.2, -0.15) is 0 Å². The molecule has 5 nitrogen and oxygen atoms in total. The molecule has 0 aliphatic carbocycles. The number of benzene rings is 3. The van der Waals surface area contributed by atoms with E-state index in [4.69, 9.17) is 9.15 Å². The summed E-state index contributed by atoms with van der Waals surface area (Å²) < 4.78 is 11.4. The van der Waals surface area contributed by atoms with Gasteiger partial charge in [-0.1, -0.05) is 54.6 Å². The maximum Gasteiger partial charge on any atom is 0.336 e. The molecule has 0 saturated heterocycles. The Hall–Kier alpha value is -3.86. The molecule has 0 fully saturated rings. The van der Waals surface area contributed by atoms with Crippen molar-refractivity contribution in [1.82, 2.24) is 5.32 Å². The van der Waals surface area contributed by atoms with Crippen LogP contribution in [0.2, 0.25) is 0 Å². The molecule has 31 heavy (non-hydrogen) atoms. The molecule has 0 aliphatic heterocycles. The van der Waals surface area contributed by atoms with Gasteiger partial charge < -0.3 is 14.5 Å². The molecular formula is C26H23NO4. The van der Waals surface area contributed by atoms with Crippen molar-refractivity contribution in [2.24, 2.45) is 0 Å². The lowest BCUT2D eigenvalue weighted by Gasteiger charge is -2.13. The third-order valence-corrected chi connectivity index (χ3v) is 5.33. The number of nitrogens with one attached hydrogen (secondary N) is 1. The molecule has 0 bridgehead atoms. The van der Waals surface area contributed by atoms with Gasteiger partial charge in [-0.05, 0) is 42.7 Å². The molecule has 1 aromatic heterocycles. The first kappa shape index (κ1) is 20.4. The smallest absolute Gasteiger partial charge is 0.336 e. The number of rotatable bonds is 6. The Morgan fingerprint density at radius 2 is 1.71 bits per heavy atom. The first-order valence-corrected chi connectivity index (χ1v) is 10.1. The van der Waals surface area contributed by atoms with Crippen molar-refractivity contribution >= 4 is 16.9 Å². The normalized spacial score (nSPS) is 10.8. The third kappa shape index (κ3) is 4.51. The zero-order valence-corrected chi connectivity index (χ0v) is 17.5. The highest BCUT2D eigenvalue weighted by Crippen LogP contribution is 2.25. The van der Waals surface area contributed by atoms with Gasteiger partial charge in [-0.25, -0.2) is 4.79 Å². The number of carbonyl (C=O) groups is 1. The zero-order chi connectivity index (χ0) is 21.8. The Kier molecular flexibility index (Phi) is 5.85. The minimum Gasteiger partial charge on any atom is -0.488 e. The lowest BCUT2D eigenvalue weighted by atomic mass is 10.0. The monoisotopic (exact) mass is 413 g/mol. The summed E-state index contributed by atoms with van der Waals surface area (Å²) in [4.78, 5) is 24.8. The molecule has 4 aromatic rings. The molecule has 0 saturated carbocycles. The minimum atomic E-state index is -0.423. The number of hydrogen-bond acceptors (Lipinski definition) is 4. The molecule has 5 heteroatoms. The first-order chi connectivity index (χ1) is 15.0. The van der Waals surface area contributed by atoms with Gasteiger partial charge in [0.1, 0.15) is 17.9 Å². The van der Waals surface area contributed by atoms with Crippen molar-refractivity contribution in [3.63, 3.8) is 0 Å². The highest BCUT2D eigenvalue weighted by Gasteiger charge is 2.14. The van der Waals surface area contributed by atoms with Gasteiger partial charge in [0.25, 0.3) is 5.91 Å². The Balaban J connectivity index is 1.55. The van der Waals surface area contributed by atoms with Crippen molar-refractivity contribution in [2.45, 2.75) is 27.0 Å². The molecule has 0 aliphatic rings. The van der Waals surface area contributed by atoms with Crippen LogP contribution in [0.1, 0.15) is 32.6 Å². The van der Waals surface area contributed by atoms with Crippen LogP contribution in [0.5, 0.6) is 5.75 Å². The zero-order valence-electron chi connectivity index (χ0n) is 17.5. The molecule has 156 valence electrons. The standard InChI is InChI=1S/C26H23NO4/c1-17-12-13-21-20(14-24(28)31-25(21)18(17)2)16-30-23-11-7-6-10-22(23)26(29)27-15-19-8-4-3-5-9-19/h3-14H,15-16H2,1-2H3,(H,27,29). The molecular weight excluding hydrogens is 390 g/mol. The fraction of sp³-hybridized carbons (Fsp3) is 0.154. The van der Waals surface area contributed by atoms with Crippen molar-refractivity contribution in [3.8, 4) is 5.75 Å². The van der Waals surface area contributed by atoms with Crippen LogP contribution < -0.4 is 15.7 Å². The lowest BCUT2D eigenvalue weighted by molar-refractivity contribution is 0.0946. The summed E-state index contributed by atoms with van der Waals surface area (Å²) >= 11 is 0. The average Bonchev–Trinajstić information content (AvgIpc) is 2.79. The van der Waals surface area contributed by atoms with E-state index in [9.17, 15) is 9.59 Å². The van der Waals surface area contributed by atoms with Crippen LogP contribution in [0.15, 0.2) is 82.0 Å². The Bertz CT molecular complexity index is 1290. The molecule has 1 N–H and O–H groups in total. The minimum absolute atomic E-state index is 0.146. The van der Waals surface area contributed by atoms with Crippen LogP contribution in [0, 0.1) is 13.8 Å². The van der Waals surface area contributed by atoms with E-state index in [-0.39, 0.29) is 12.5 Å². The second-order valence-corrected chi connectivity index (χ2v) is 7.43. The first-order valence-electron chi connectivity index (χ1n) is 10.1. The summed E-state index contributed by atoms with van der Waals surface area (Å²) in [7, 11) is 0. The number of ether oxygens (including phenoxy) is 1. The summed E-state index contributed by atoms with van der Waals surface area (Å²) in [5, 5.41) is 3.75. The van der Waals surface area contributed by atoms with Gasteiger partial charge >= 0.3 is 5.63 Å². The van der Waals surface area contributed by atoms with Crippen LogP contribution in [0.3, 0.4) is 0 Å². The van der Waals surface area contributed by atoms with Gasteiger partial charge in [-0.3, -0.25) is 4.79 Å². The molecule has 0 atom stereocenters. The molecule has 0 radical (unpaired) electrons. The Labute approximate surface area is 180 Å². The maximum atomic E-state index is 12.7. The van der Waals surface area contributed by atoms with Gasteiger partial charge in [0, 0.05) is 23.6 Å². The summed E-state index contributed by atoms with van der Waals surface area (Å²) in [5.74, 6) is 0.238. The summed E-state index contributed by atoms with van der Waals surface area (Å²) in [6, 6.07) is 22.2. The number of para-hydroxylation sites is 1. The highest BCUT2D eigenvalue weighted by atomic mass is 16.5. The number of hydrogen-bond donors (Lipinski definition) is 1. The maximum absolute atomic E-state index is 12.7. The van der Waals surface area contributed by atoms with Crippen LogP contribution in [0.25, 0.3) is 11.0 Å². The number of fused-ring (bicyclic) bond motifs is 1. The Morgan fingerprint density at radius 3 is 2.52 bits per heavy atom. The topological polar surface area (TPSA) is 68.5 Å². The molecule has 0 unspecified atom stereocenters. The van der Waals surface area contributed by atoms with E-state index in [0.717, 1.165) is 22.1 Å². The molecule has 4 rings (SSSR count). The predicted octanol–water partition coefficient (Wildman–Crippen LogP) is 4.92. The molecule has 0 spiro atoms. The quantitative estimate of drug-likeness (QED) is 0.456. The van der Waals surface area contributed by atoms with Crippen LogP contribution >= 0.6 is 0 Å². The third-order valence-electron chi connectivity index (χ3n) is 5.33. The van der Waals surface area contributed by atoms with E-state index in [0.29, 0.717) is 29.0 Å². The van der Waals surface area contributed by atoms with Gasteiger partial charge in [0.15, 0.2) is 0 Å². The van der Waals surface area contributed by atoms with E-state index >= 15 is 0 Å². The van der Waals surface area contributed by atoms with E-state index < -0.39 is 5.63 Å². The fourth-order valence-corrected chi connectivity index (χ4v) is 3.45. The molecule has 1 amide bonds. The largest absolute Gasteiger partial charge is 0.488 e. The Morgan fingerprint density at radius 1 is 0.968 bits per heavy atom. The van der Waals surface area contributed by atoms with E-state index in [2.05, 4.69) is 5.32 Å². The lowest BCUT2D eigenvalue weighted by Crippen LogP contribution is -2.23. The number of amides is 1. The van der Waals surface area contributed by atoms with E-state index in [1.54, 1.807) is 18.2 Å². The van der Waals surface area contributed by atoms with Gasteiger partial charge in [-0.15, -0.1) is 0 Å². The average molecular weight is 413 g/mol. The van der Waals surface area contributed by atoms with Crippen LogP contribution in [-0.4, -0.2) is 5.91 Å². The molecule has 3 aromatic carbocycles. The highest BCUT2D eigenvalue weighted by molar-refractivity contribution is 5.96. The fourth-order valence-electron chi connectivity index (χ4n) is 3.45. The van der Waals surface area contributed by atoms with Crippen molar-refractivity contribution in [1.29, 1.82) is 0 Å². The van der Waals surface area contributed by atoms with E-state index in [1.165, 1.54) is 6.07 Å². The SMILES string of the molecule is Cc1ccc2c(COc3ccccc3C(=O)NCc3ccccc3)cc(=O)oc2c1C.